The van der Waals surface area contributed by atoms with E-state index in [4.69, 9.17) is 5.73 Å². The van der Waals surface area contributed by atoms with Gasteiger partial charge in [0.25, 0.3) is 0 Å². The topological polar surface area (TPSA) is 99.1 Å². The second-order valence-corrected chi connectivity index (χ2v) is 7.67. The Kier molecular flexibility index (Phi) is 3.62. The Bertz CT molecular complexity index is 877. The SMILES string of the molecule is Cn1c(=O)n(C)c2cc(S(=O)(=O)NCC(N)C3CC3)ccc21. The molecule has 3 N–H and O–H groups in total. The quantitative estimate of drug-likeness (QED) is 0.802. The van der Waals surface area contributed by atoms with Crippen LogP contribution in [0.5, 0.6) is 0 Å². The lowest BCUT2D eigenvalue weighted by atomic mass is 10.2. The molecule has 1 saturated carbocycles. The van der Waals surface area contributed by atoms with Crippen molar-refractivity contribution in [3.8, 4) is 0 Å². The summed E-state index contributed by atoms with van der Waals surface area (Å²) in [5.41, 5.74) is 7.02. The van der Waals surface area contributed by atoms with Crippen LogP contribution >= 0.6 is 0 Å². The van der Waals surface area contributed by atoms with Gasteiger partial charge in [-0.3, -0.25) is 9.13 Å². The molecule has 22 heavy (non-hydrogen) atoms. The average molecular weight is 324 g/mol. The molecule has 1 aliphatic rings. The van der Waals surface area contributed by atoms with Gasteiger partial charge in [-0.15, -0.1) is 0 Å². The fourth-order valence-corrected chi connectivity index (χ4v) is 3.73. The van der Waals surface area contributed by atoms with Crippen LogP contribution < -0.4 is 16.1 Å². The number of imidazole rings is 1. The highest BCUT2D eigenvalue weighted by molar-refractivity contribution is 7.89. The van der Waals surface area contributed by atoms with Gasteiger partial charge in [-0.05, 0) is 37.0 Å². The number of nitrogens with one attached hydrogen (secondary N) is 1. The van der Waals surface area contributed by atoms with Crippen LogP contribution in [-0.4, -0.2) is 30.1 Å². The third kappa shape index (κ3) is 2.57. The second-order valence-electron chi connectivity index (χ2n) is 5.90. The molecule has 0 radical (unpaired) electrons. The second kappa shape index (κ2) is 5.22. The monoisotopic (exact) mass is 324 g/mol. The molecule has 1 aromatic carbocycles. The first-order valence-electron chi connectivity index (χ1n) is 7.22. The molecule has 0 amide bonds. The Morgan fingerprint density at radius 3 is 2.55 bits per heavy atom. The standard InChI is InChI=1S/C14H20N4O3S/c1-17-12-6-5-10(7-13(12)18(2)14(17)19)22(20,21)16-8-11(15)9-3-4-9/h5-7,9,11,16H,3-4,8,15H2,1-2H3. The highest BCUT2D eigenvalue weighted by Crippen LogP contribution is 2.31. The maximum atomic E-state index is 12.4. The van der Waals surface area contributed by atoms with E-state index in [0.29, 0.717) is 17.0 Å². The van der Waals surface area contributed by atoms with Crippen molar-refractivity contribution in [3.63, 3.8) is 0 Å². The minimum atomic E-state index is -3.63. The molecule has 1 heterocycles. The summed E-state index contributed by atoms with van der Waals surface area (Å²) in [5, 5.41) is 0. The molecule has 1 unspecified atom stereocenters. The fraction of sp³-hybridized carbons (Fsp3) is 0.500. The van der Waals surface area contributed by atoms with Gasteiger partial charge in [0.1, 0.15) is 0 Å². The predicted molar refractivity (Wildman–Crippen MR) is 84.0 cm³/mol. The number of nitrogens with two attached hydrogens (primary N) is 1. The van der Waals surface area contributed by atoms with Gasteiger partial charge in [-0.1, -0.05) is 0 Å². The van der Waals surface area contributed by atoms with Gasteiger partial charge in [-0.2, -0.15) is 0 Å². The summed E-state index contributed by atoms with van der Waals surface area (Å²) in [4.78, 5) is 12.0. The van der Waals surface area contributed by atoms with Crippen LogP contribution in [0, 0.1) is 5.92 Å². The van der Waals surface area contributed by atoms with E-state index in [-0.39, 0.29) is 23.2 Å². The number of benzene rings is 1. The third-order valence-electron chi connectivity index (χ3n) is 4.29. The number of hydrogen-bond acceptors (Lipinski definition) is 4. The normalized spacial score (nSPS) is 17.0. The Morgan fingerprint density at radius 2 is 1.91 bits per heavy atom. The van der Waals surface area contributed by atoms with Crippen LogP contribution in [0.1, 0.15) is 12.8 Å². The van der Waals surface area contributed by atoms with E-state index in [0.717, 1.165) is 12.8 Å². The summed E-state index contributed by atoms with van der Waals surface area (Å²) in [5.74, 6) is 0.431. The summed E-state index contributed by atoms with van der Waals surface area (Å²) in [6.45, 7) is 0.235. The minimum absolute atomic E-state index is 0.139. The Labute approximate surface area is 128 Å². The van der Waals surface area contributed by atoms with E-state index in [1.165, 1.54) is 21.3 Å². The summed E-state index contributed by atoms with van der Waals surface area (Å²) in [6, 6.07) is 4.53. The summed E-state index contributed by atoms with van der Waals surface area (Å²) in [7, 11) is -0.347. The van der Waals surface area contributed by atoms with Crippen molar-refractivity contribution in [2.75, 3.05) is 6.54 Å². The maximum Gasteiger partial charge on any atom is 0.328 e. The Balaban J connectivity index is 1.91. The van der Waals surface area contributed by atoms with Gasteiger partial charge in [0.2, 0.25) is 10.0 Å². The Morgan fingerprint density at radius 1 is 1.27 bits per heavy atom. The van der Waals surface area contributed by atoms with Gasteiger partial charge in [0, 0.05) is 26.7 Å². The lowest BCUT2D eigenvalue weighted by molar-refractivity contribution is 0.548. The predicted octanol–water partition coefficient (Wildman–Crippen LogP) is -0.107. The van der Waals surface area contributed by atoms with Gasteiger partial charge in [0.05, 0.1) is 15.9 Å². The lowest BCUT2D eigenvalue weighted by Gasteiger charge is -2.12. The molecular formula is C14H20N4O3S. The van der Waals surface area contributed by atoms with E-state index >= 15 is 0 Å². The molecular weight excluding hydrogens is 304 g/mol. The van der Waals surface area contributed by atoms with E-state index in [1.807, 2.05) is 0 Å². The molecule has 0 aliphatic heterocycles. The zero-order chi connectivity index (χ0) is 16.1. The third-order valence-corrected chi connectivity index (χ3v) is 5.71. The number of aryl methyl sites for hydroxylation is 2. The van der Waals surface area contributed by atoms with E-state index in [9.17, 15) is 13.2 Å². The number of sulfonamides is 1. The van der Waals surface area contributed by atoms with Crippen molar-refractivity contribution in [1.82, 2.24) is 13.9 Å². The maximum absolute atomic E-state index is 12.4. The largest absolute Gasteiger partial charge is 0.328 e. The zero-order valence-electron chi connectivity index (χ0n) is 12.6. The van der Waals surface area contributed by atoms with E-state index in [2.05, 4.69) is 4.72 Å². The molecule has 3 rings (SSSR count). The summed E-state index contributed by atoms with van der Waals surface area (Å²) in [6.07, 6.45) is 2.14. The molecule has 1 atom stereocenters. The number of aromatic nitrogens is 2. The molecule has 2 aromatic rings. The molecule has 1 aliphatic carbocycles. The van der Waals surface area contributed by atoms with Crippen LogP contribution in [0.15, 0.2) is 27.9 Å². The average Bonchev–Trinajstić information content (AvgIpc) is 3.31. The van der Waals surface area contributed by atoms with Crippen molar-refractivity contribution in [2.24, 2.45) is 25.7 Å². The zero-order valence-corrected chi connectivity index (χ0v) is 13.4. The highest BCUT2D eigenvalue weighted by Gasteiger charge is 2.29. The van der Waals surface area contributed by atoms with E-state index in [1.54, 1.807) is 20.2 Å². The molecule has 120 valence electrons. The summed E-state index contributed by atoms with van der Waals surface area (Å²) >= 11 is 0. The molecule has 8 heteroatoms. The fourth-order valence-electron chi connectivity index (χ4n) is 2.63. The first-order valence-corrected chi connectivity index (χ1v) is 8.70. The molecule has 0 bridgehead atoms. The van der Waals surface area contributed by atoms with Crippen LogP contribution in [0.25, 0.3) is 11.0 Å². The number of nitrogens with zero attached hydrogens (tertiary/aromatic N) is 2. The molecule has 1 aromatic heterocycles. The van der Waals surface area contributed by atoms with Gasteiger partial charge >= 0.3 is 5.69 Å². The van der Waals surface area contributed by atoms with Crippen LogP contribution in [0.2, 0.25) is 0 Å². The first kappa shape index (κ1) is 15.3. The van der Waals surface area contributed by atoms with Crippen molar-refractivity contribution in [3.05, 3.63) is 28.7 Å². The minimum Gasteiger partial charge on any atom is -0.326 e. The van der Waals surface area contributed by atoms with Crippen molar-refractivity contribution in [1.29, 1.82) is 0 Å². The summed E-state index contributed by atoms with van der Waals surface area (Å²) < 4.78 is 30.2. The number of hydrogen-bond donors (Lipinski definition) is 2. The van der Waals surface area contributed by atoms with Crippen molar-refractivity contribution >= 4 is 21.1 Å². The van der Waals surface area contributed by atoms with E-state index < -0.39 is 10.0 Å². The lowest BCUT2D eigenvalue weighted by Crippen LogP contribution is -2.38. The molecule has 1 fully saturated rings. The smallest absolute Gasteiger partial charge is 0.326 e. The number of fused-ring (bicyclic) bond motifs is 1. The van der Waals surface area contributed by atoms with Gasteiger partial charge in [0.15, 0.2) is 0 Å². The van der Waals surface area contributed by atoms with Crippen LogP contribution in [0.4, 0.5) is 0 Å². The highest BCUT2D eigenvalue weighted by atomic mass is 32.2. The molecule has 0 spiro atoms. The number of rotatable bonds is 5. The van der Waals surface area contributed by atoms with Crippen LogP contribution in [-0.2, 0) is 24.1 Å². The van der Waals surface area contributed by atoms with Crippen molar-refractivity contribution < 1.29 is 8.42 Å². The Hall–Kier alpha value is -1.64. The first-order chi connectivity index (χ1) is 10.3. The van der Waals surface area contributed by atoms with Crippen LogP contribution in [0.3, 0.4) is 0 Å². The molecule has 7 nitrogen and oxygen atoms in total. The van der Waals surface area contributed by atoms with Gasteiger partial charge in [-0.25, -0.2) is 17.9 Å². The molecule has 0 saturated heterocycles. The van der Waals surface area contributed by atoms with Gasteiger partial charge < -0.3 is 5.73 Å². The van der Waals surface area contributed by atoms with Crippen molar-refractivity contribution in [2.45, 2.75) is 23.8 Å².